The molecule has 1 saturated carbocycles. The van der Waals surface area contributed by atoms with Gasteiger partial charge >= 0.3 is 5.97 Å². The minimum atomic E-state index is -1.12. The zero-order valence-electron chi connectivity index (χ0n) is 19.8. The lowest BCUT2D eigenvalue weighted by molar-refractivity contribution is -0.197. The van der Waals surface area contributed by atoms with Crippen molar-refractivity contribution in [3.8, 4) is 11.5 Å². The SMILES string of the molecule is COc1ccc(C(=O)CC2(C(=O)O)CCC3(CC2)OCCO3)cc1OCCc1cccc(C)c1. The van der Waals surface area contributed by atoms with Crippen LogP contribution in [0, 0.1) is 12.3 Å². The van der Waals surface area contributed by atoms with Gasteiger partial charge in [-0.25, -0.2) is 0 Å². The molecule has 1 saturated heterocycles. The molecule has 7 heteroatoms. The normalized spacial score (nSPS) is 18.5. The lowest BCUT2D eigenvalue weighted by Gasteiger charge is -2.40. The lowest BCUT2D eigenvalue weighted by atomic mass is 9.68. The molecule has 1 heterocycles. The molecule has 2 fully saturated rings. The van der Waals surface area contributed by atoms with E-state index in [-0.39, 0.29) is 12.2 Å². The van der Waals surface area contributed by atoms with Crippen molar-refractivity contribution >= 4 is 11.8 Å². The van der Waals surface area contributed by atoms with Gasteiger partial charge in [0.15, 0.2) is 23.1 Å². The Morgan fingerprint density at radius 3 is 2.38 bits per heavy atom. The largest absolute Gasteiger partial charge is 0.493 e. The van der Waals surface area contributed by atoms with Crippen LogP contribution in [-0.4, -0.2) is 49.6 Å². The van der Waals surface area contributed by atoms with E-state index in [1.165, 1.54) is 11.1 Å². The Bertz CT molecular complexity index is 1030. The van der Waals surface area contributed by atoms with Gasteiger partial charge in [0.1, 0.15) is 0 Å². The molecule has 2 aromatic carbocycles. The Morgan fingerprint density at radius 1 is 1.00 bits per heavy atom. The molecule has 1 aliphatic heterocycles. The van der Waals surface area contributed by atoms with Crippen LogP contribution in [0.15, 0.2) is 42.5 Å². The van der Waals surface area contributed by atoms with E-state index in [1.54, 1.807) is 25.3 Å². The Labute approximate surface area is 200 Å². The summed E-state index contributed by atoms with van der Waals surface area (Å²) in [6.45, 7) is 3.53. The first-order valence-electron chi connectivity index (χ1n) is 11.8. The van der Waals surface area contributed by atoms with E-state index in [0.29, 0.717) is 62.6 Å². The number of Topliss-reactive ketones (excluding diaryl/α,β-unsaturated/α-hetero) is 1. The highest BCUT2D eigenvalue weighted by Crippen LogP contribution is 2.47. The maximum Gasteiger partial charge on any atom is 0.310 e. The summed E-state index contributed by atoms with van der Waals surface area (Å²) >= 11 is 0. The summed E-state index contributed by atoms with van der Waals surface area (Å²) in [6.07, 6.45) is 2.27. The number of methoxy groups -OCH3 is 1. The van der Waals surface area contributed by atoms with E-state index in [4.69, 9.17) is 18.9 Å². The molecule has 4 rings (SSSR count). The molecule has 0 bridgehead atoms. The molecule has 0 amide bonds. The fraction of sp³-hybridized carbons (Fsp3) is 0.481. The van der Waals surface area contributed by atoms with Crippen molar-refractivity contribution < 1.29 is 33.6 Å². The Morgan fingerprint density at radius 2 is 1.74 bits per heavy atom. The summed E-state index contributed by atoms with van der Waals surface area (Å²) < 4.78 is 22.8. The number of hydrogen-bond donors (Lipinski definition) is 1. The molecular weight excluding hydrogens is 436 g/mol. The van der Waals surface area contributed by atoms with Gasteiger partial charge < -0.3 is 24.1 Å². The van der Waals surface area contributed by atoms with Gasteiger partial charge in [-0.2, -0.15) is 0 Å². The Hall–Kier alpha value is -2.90. The second-order valence-electron chi connectivity index (χ2n) is 9.25. The number of ether oxygens (including phenoxy) is 4. The van der Waals surface area contributed by atoms with Crippen LogP contribution < -0.4 is 9.47 Å². The third-order valence-electron chi connectivity index (χ3n) is 6.95. The summed E-state index contributed by atoms with van der Waals surface area (Å²) in [5, 5.41) is 10.0. The maximum atomic E-state index is 13.2. The number of carbonyl (C=O) groups is 2. The number of hydrogen-bond acceptors (Lipinski definition) is 6. The Kier molecular flexibility index (Phi) is 7.24. The molecule has 7 nitrogen and oxygen atoms in total. The highest BCUT2D eigenvalue weighted by molar-refractivity contribution is 5.99. The highest BCUT2D eigenvalue weighted by Gasteiger charge is 2.50. The van der Waals surface area contributed by atoms with E-state index in [0.717, 1.165) is 6.42 Å². The first-order chi connectivity index (χ1) is 16.3. The van der Waals surface area contributed by atoms with E-state index in [2.05, 4.69) is 12.1 Å². The van der Waals surface area contributed by atoms with Crippen molar-refractivity contribution in [1.29, 1.82) is 0 Å². The Balaban J connectivity index is 1.44. The fourth-order valence-corrected chi connectivity index (χ4v) is 4.88. The number of carbonyl (C=O) groups excluding carboxylic acids is 1. The van der Waals surface area contributed by atoms with Gasteiger partial charge in [0.05, 0.1) is 32.3 Å². The smallest absolute Gasteiger partial charge is 0.310 e. The first-order valence-corrected chi connectivity index (χ1v) is 11.8. The van der Waals surface area contributed by atoms with E-state index < -0.39 is 17.2 Å². The van der Waals surface area contributed by atoms with Crippen LogP contribution in [0.4, 0.5) is 0 Å². The summed E-state index contributed by atoms with van der Waals surface area (Å²) in [7, 11) is 1.55. The minimum absolute atomic E-state index is 0.0759. The van der Waals surface area contributed by atoms with Crippen molar-refractivity contribution in [1.82, 2.24) is 0 Å². The molecule has 0 radical (unpaired) electrons. The van der Waals surface area contributed by atoms with Crippen LogP contribution in [0.5, 0.6) is 11.5 Å². The number of carboxylic acids is 1. The predicted molar refractivity (Wildman–Crippen MR) is 125 cm³/mol. The summed E-state index contributed by atoms with van der Waals surface area (Å²) in [6, 6.07) is 13.2. The quantitative estimate of drug-likeness (QED) is 0.539. The van der Waals surface area contributed by atoms with Crippen LogP contribution in [0.25, 0.3) is 0 Å². The van der Waals surface area contributed by atoms with Gasteiger partial charge in [0.25, 0.3) is 0 Å². The van der Waals surface area contributed by atoms with E-state index in [9.17, 15) is 14.7 Å². The third-order valence-corrected chi connectivity index (χ3v) is 6.95. The molecule has 0 unspecified atom stereocenters. The molecule has 1 N–H and O–H groups in total. The summed E-state index contributed by atoms with van der Waals surface area (Å²) in [5.74, 6) is -0.848. The van der Waals surface area contributed by atoms with Crippen LogP contribution in [0.3, 0.4) is 0 Å². The average Bonchev–Trinajstić information content (AvgIpc) is 3.29. The van der Waals surface area contributed by atoms with Gasteiger partial charge in [-0.3, -0.25) is 9.59 Å². The van der Waals surface area contributed by atoms with E-state index in [1.807, 2.05) is 19.1 Å². The second kappa shape index (κ2) is 10.2. The molecule has 34 heavy (non-hydrogen) atoms. The predicted octanol–water partition coefficient (Wildman–Crippen LogP) is 4.59. The van der Waals surface area contributed by atoms with Gasteiger partial charge in [-0.1, -0.05) is 29.8 Å². The van der Waals surface area contributed by atoms with E-state index >= 15 is 0 Å². The number of rotatable bonds is 9. The topological polar surface area (TPSA) is 91.3 Å². The number of aliphatic carboxylic acids is 1. The van der Waals surface area contributed by atoms with Gasteiger partial charge in [-0.05, 0) is 43.5 Å². The molecule has 182 valence electrons. The maximum absolute atomic E-state index is 13.2. The van der Waals surface area contributed by atoms with Crippen molar-refractivity contribution in [2.45, 2.75) is 51.2 Å². The molecule has 2 aromatic rings. The summed E-state index contributed by atoms with van der Waals surface area (Å²) in [4.78, 5) is 25.4. The molecule has 1 aliphatic carbocycles. The van der Waals surface area contributed by atoms with Crippen molar-refractivity contribution in [2.24, 2.45) is 5.41 Å². The fourth-order valence-electron chi connectivity index (χ4n) is 4.88. The zero-order chi connectivity index (χ0) is 24.2. The van der Waals surface area contributed by atoms with Crippen LogP contribution in [-0.2, 0) is 20.7 Å². The molecule has 1 spiro atoms. The van der Waals surface area contributed by atoms with Crippen molar-refractivity contribution in [3.05, 3.63) is 59.2 Å². The molecule has 0 atom stereocenters. The highest BCUT2D eigenvalue weighted by atomic mass is 16.7. The number of ketones is 1. The van der Waals surface area contributed by atoms with Crippen LogP contribution in [0.1, 0.15) is 53.6 Å². The van der Waals surface area contributed by atoms with Crippen molar-refractivity contribution in [2.75, 3.05) is 26.9 Å². The second-order valence-corrected chi connectivity index (χ2v) is 9.25. The van der Waals surface area contributed by atoms with Gasteiger partial charge in [0.2, 0.25) is 0 Å². The zero-order valence-corrected chi connectivity index (χ0v) is 19.8. The first kappa shape index (κ1) is 24.2. The standard InChI is InChI=1S/C27H32O7/c1-19-4-3-5-20(16-19)8-13-32-24-17-21(6-7-23(24)31-2)22(28)18-26(25(29)30)9-11-27(12-10-26)33-14-15-34-27/h3-7,16-17H,8-15,18H2,1-2H3,(H,29,30). The number of carboxylic acid groups (broad SMARTS) is 1. The van der Waals surface area contributed by atoms with Gasteiger partial charge in [-0.15, -0.1) is 0 Å². The molecule has 0 aromatic heterocycles. The van der Waals surface area contributed by atoms with Gasteiger partial charge in [0, 0.05) is 31.2 Å². The summed E-state index contributed by atoms with van der Waals surface area (Å²) in [5.41, 5.74) is 1.65. The van der Waals surface area contributed by atoms with Crippen LogP contribution >= 0.6 is 0 Å². The monoisotopic (exact) mass is 468 g/mol. The lowest BCUT2D eigenvalue weighted by Crippen LogP contribution is -2.44. The number of aryl methyl sites for hydroxylation is 1. The third kappa shape index (κ3) is 5.26. The molecular formula is C27H32O7. The molecule has 2 aliphatic rings. The average molecular weight is 469 g/mol. The minimum Gasteiger partial charge on any atom is -0.493 e. The van der Waals surface area contributed by atoms with Crippen LogP contribution in [0.2, 0.25) is 0 Å². The van der Waals surface area contributed by atoms with Crippen molar-refractivity contribution in [3.63, 3.8) is 0 Å². The number of benzene rings is 2.